The lowest BCUT2D eigenvalue weighted by Gasteiger charge is -2.10. The molecule has 5 heteroatoms. The molecule has 1 aromatic rings. The zero-order chi connectivity index (χ0) is 11.5. The van der Waals surface area contributed by atoms with E-state index < -0.39 is 0 Å². The average Bonchev–Trinajstić information content (AvgIpc) is 3.10. The van der Waals surface area contributed by atoms with Crippen molar-refractivity contribution in [3.63, 3.8) is 0 Å². The Balaban J connectivity index is 2.20. The van der Waals surface area contributed by atoms with Gasteiger partial charge in [0, 0.05) is 4.47 Å². The summed E-state index contributed by atoms with van der Waals surface area (Å²) in [6.07, 6.45) is 2.46. The molecule has 0 aliphatic heterocycles. The van der Waals surface area contributed by atoms with E-state index in [9.17, 15) is 0 Å². The molecule has 2 rings (SSSR count). The molecule has 1 saturated carbocycles. The summed E-state index contributed by atoms with van der Waals surface area (Å²) in [6.45, 7) is 0.702. The van der Waals surface area contributed by atoms with Crippen molar-refractivity contribution in [1.82, 2.24) is 0 Å². The van der Waals surface area contributed by atoms with Gasteiger partial charge in [-0.15, -0.1) is 0 Å². The number of benzene rings is 1. The first-order chi connectivity index (χ1) is 7.70. The van der Waals surface area contributed by atoms with Crippen molar-refractivity contribution in [2.75, 3.05) is 6.61 Å². The molecule has 86 valence electrons. The molecule has 1 aliphatic carbocycles. The van der Waals surface area contributed by atoms with Crippen molar-refractivity contribution in [3.05, 3.63) is 28.2 Å². The number of oxime groups is 1. The molecule has 0 amide bonds. The SMILES string of the molecule is N/C(=N/O)c1cc(Br)ccc1OCC1CC1. The van der Waals surface area contributed by atoms with Crippen molar-refractivity contribution in [3.8, 4) is 5.75 Å². The fourth-order valence-corrected chi connectivity index (χ4v) is 1.74. The molecular weight excluding hydrogens is 272 g/mol. The predicted octanol–water partition coefficient (Wildman–Crippen LogP) is 2.33. The predicted molar refractivity (Wildman–Crippen MR) is 64.9 cm³/mol. The Morgan fingerprint density at radius 3 is 2.94 bits per heavy atom. The third-order valence-electron chi connectivity index (χ3n) is 2.50. The lowest BCUT2D eigenvalue weighted by atomic mass is 10.2. The van der Waals surface area contributed by atoms with Gasteiger partial charge in [0.15, 0.2) is 5.84 Å². The maximum Gasteiger partial charge on any atom is 0.173 e. The Morgan fingerprint density at radius 1 is 1.56 bits per heavy atom. The highest BCUT2D eigenvalue weighted by Crippen LogP contribution is 2.31. The fraction of sp³-hybridized carbons (Fsp3) is 0.364. The van der Waals surface area contributed by atoms with Gasteiger partial charge >= 0.3 is 0 Å². The Kier molecular flexibility index (Phi) is 3.33. The molecule has 0 saturated heterocycles. The summed E-state index contributed by atoms with van der Waals surface area (Å²) in [5.74, 6) is 1.39. The summed E-state index contributed by atoms with van der Waals surface area (Å²) >= 11 is 3.34. The fourth-order valence-electron chi connectivity index (χ4n) is 1.37. The smallest absolute Gasteiger partial charge is 0.173 e. The van der Waals surface area contributed by atoms with Gasteiger partial charge in [-0.2, -0.15) is 0 Å². The maximum atomic E-state index is 8.69. The molecule has 0 spiro atoms. The van der Waals surface area contributed by atoms with Crippen LogP contribution in [0.3, 0.4) is 0 Å². The van der Waals surface area contributed by atoms with Crippen LogP contribution in [0.15, 0.2) is 27.8 Å². The van der Waals surface area contributed by atoms with Gasteiger partial charge in [0.25, 0.3) is 0 Å². The number of amidine groups is 1. The molecule has 4 nitrogen and oxygen atoms in total. The molecule has 3 N–H and O–H groups in total. The Hall–Kier alpha value is -1.23. The third-order valence-corrected chi connectivity index (χ3v) is 2.99. The zero-order valence-electron chi connectivity index (χ0n) is 8.69. The van der Waals surface area contributed by atoms with Gasteiger partial charge in [-0.25, -0.2) is 0 Å². The van der Waals surface area contributed by atoms with Gasteiger partial charge in [-0.05, 0) is 37.0 Å². The van der Waals surface area contributed by atoms with Crippen LogP contribution in [-0.4, -0.2) is 17.6 Å². The monoisotopic (exact) mass is 284 g/mol. The third kappa shape index (κ3) is 2.66. The largest absolute Gasteiger partial charge is 0.493 e. The number of ether oxygens (including phenoxy) is 1. The molecule has 0 unspecified atom stereocenters. The number of hydrogen-bond donors (Lipinski definition) is 2. The molecule has 0 heterocycles. The number of nitrogens with zero attached hydrogens (tertiary/aromatic N) is 1. The van der Waals surface area contributed by atoms with Crippen LogP contribution in [0.2, 0.25) is 0 Å². The van der Waals surface area contributed by atoms with Crippen LogP contribution in [0.5, 0.6) is 5.75 Å². The van der Waals surface area contributed by atoms with Crippen LogP contribution in [-0.2, 0) is 0 Å². The summed E-state index contributed by atoms with van der Waals surface area (Å²) in [6, 6.07) is 5.47. The number of halogens is 1. The van der Waals surface area contributed by atoms with Crippen LogP contribution in [0.1, 0.15) is 18.4 Å². The first-order valence-corrected chi connectivity index (χ1v) is 5.90. The van der Waals surface area contributed by atoms with Crippen molar-refractivity contribution in [2.45, 2.75) is 12.8 Å². The summed E-state index contributed by atoms with van der Waals surface area (Å²) in [7, 11) is 0. The van der Waals surface area contributed by atoms with Gasteiger partial charge in [0.05, 0.1) is 12.2 Å². The Bertz CT molecular complexity index is 416. The average molecular weight is 285 g/mol. The van der Waals surface area contributed by atoms with Crippen molar-refractivity contribution in [1.29, 1.82) is 0 Å². The van der Waals surface area contributed by atoms with E-state index in [1.807, 2.05) is 12.1 Å². The van der Waals surface area contributed by atoms with Gasteiger partial charge in [-0.1, -0.05) is 21.1 Å². The summed E-state index contributed by atoms with van der Waals surface area (Å²) in [5, 5.41) is 11.7. The van der Waals surface area contributed by atoms with Crippen molar-refractivity contribution < 1.29 is 9.94 Å². The molecule has 0 bridgehead atoms. The van der Waals surface area contributed by atoms with Crippen molar-refractivity contribution >= 4 is 21.8 Å². The minimum Gasteiger partial charge on any atom is -0.493 e. The number of rotatable bonds is 4. The van der Waals surface area contributed by atoms with Gasteiger partial charge in [-0.3, -0.25) is 0 Å². The van der Waals surface area contributed by atoms with E-state index in [1.54, 1.807) is 6.07 Å². The highest BCUT2D eigenvalue weighted by atomic mass is 79.9. The van der Waals surface area contributed by atoms with E-state index in [-0.39, 0.29) is 5.84 Å². The van der Waals surface area contributed by atoms with Gasteiger partial charge in [0.1, 0.15) is 5.75 Å². The summed E-state index contributed by atoms with van der Waals surface area (Å²) < 4.78 is 6.51. The van der Waals surface area contributed by atoms with Gasteiger partial charge in [0.2, 0.25) is 0 Å². The zero-order valence-corrected chi connectivity index (χ0v) is 10.3. The van der Waals surface area contributed by atoms with Crippen LogP contribution in [0, 0.1) is 5.92 Å². The van der Waals surface area contributed by atoms with E-state index in [0.717, 1.165) is 4.47 Å². The molecule has 0 atom stereocenters. The lowest BCUT2D eigenvalue weighted by Crippen LogP contribution is -2.15. The minimum atomic E-state index is 0.0621. The van der Waals surface area contributed by atoms with E-state index in [2.05, 4.69) is 21.1 Å². The normalized spacial score (nSPS) is 16.2. The number of hydrogen-bond acceptors (Lipinski definition) is 3. The van der Waals surface area contributed by atoms with E-state index >= 15 is 0 Å². The van der Waals surface area contributed by atoms with Crippen LogP contribution >= 0.6 is 15.9 Å². The van der Waals surface area contributed by atoms with E-state index in [4.69, 9.17) is 15.7 Å². The molecule has 1 aliphatic rings. The molecule has 1 aromatic carbocycles. The minimum absolute atomic E-state index is 0.0621. The highest BCUT2D eigenvalue weighted by Gasteiger charge is 2.22. The Labute approximate surface area is 102 Å². The van der Waals surface area contributed by atoms with Crippen LogP contribution in [0.4, 0.5) is 0 Å². The maximum absolute atomic E-state index is 8.69. The number of nitrogens with two attached hydrogens (primary N) is 1. The standard InChI is InChI=1S/C11H13BrN2O2/c12-8-3-4-10(16-6-7-1-2-7)9(5-8)11(13)14-15/h3-5,7,15H,1-2,6H2,(H2,13,14). The van der Waals surface area contributed by atoms with Crippen LogP contribution < -0.4 is 10.5 Å². The molecule has 16 heavy (non-hydrogen) atoms. The first kappa shape index (κ1) is 11.3. The second-order valence-corrected chi connectivity index (χ2v) is 4.80. The summed E-state index contributed by atoms with van der Waals surface area (Å²) in [5.41, 5.74) is 6.19. The van der Waals surface area contributed by atoms with Crippen molar-refractivity contribution in [2.24, 2.45) is 16.8 Å². The van der Waals surface area contributed by atoms with E-state index in [1.165, 1.54) is 12.8 Å². The Morgan fingerprint density at radius 2 is 2.31 bits per heavy atom. The summed E-state index contributed by atoms with van der Waals surface area (Å²) in [4.78, 5) is 0. The topological polar surface area (TPSA) is 67.8 Å². The highest BCUT2D eigenvalue weighted by molar-refractivity contribution is 9.10. The molecular formula is C11H13BrN2O2. The quantitative estimate of drug-likeness (QED) is 0.386. The molecule has 1 fully saturated rings. The molecule has 0 radical (unpaired) electrons. The first-order valence-electron chi connectivity index (χ1n) is 5.11. The second kappa shape index (κ2) is 4.74. The van der Waals surface area contributed by atoms with Gasteiger partial charge < -0.3 is 15.7 Å². The molecule has 0 aromatic heterocycles. The van der Waals surface area contributed by atoms with E-state index in [0.29, 0.717) is 23.8 Å². The second-order valence-electron chi connectivity index (χ2n) is 3.88. The lowest BCUT2D eigenvalue weighted by molar-refractivity contribution is 0.297. The van der Waals surface area contributed by atoms with Crippen LogP contribution in [0.25, 0.3) is 0 Å².